The standard InChI is InChI=1S/C15H15N7O/c23-15(14-17-10-4-1-2-5-11(10)18-21-14)16-8-7-13-20-19-12-6-3-9-22(12)13/h1-2,4-5H,3,6-9H2,(H,16,23). The van der Waals surface area contributed by atoms with E-state index >= 15 is 0 Å². The van der Waals surface area contributed by atoms with E-state index in [2.05, 4.69) is 35.3 Å². The van der Waals surface area contributed by atoms with Crippen LogP contribution in [-0.4, -0.2) is 42.4 Å². The van der Waals surface area contributed by atoms with Crippen molar-refractivity contribution in [3.05, 3.63) is 41.7 Å². The number of hydrogen-bond acceptors (Lipinski definition) is 6. The summed E-state index contributed by atoms with van der Waals surface area (Å²) >= 11 is 0. The summed E-state index contributed by atoms with van der Waals surface area (Å²) in [7, 11) is 0. The van der Waals surface area contributed by atoms with Crippen LogP contribution >= 0.6 is 0 Å². The van der Waals surface area contributed by atoms with Gasteiger partial charge in [0.05, 0.1) is 5.52 Å². The number of hydrogen-bond donors (Lipinski definition) is 1. The summed E-state index contributed by atoms with van der Waals surface area (Å²) in [4.78, 5) is 16.4. The van der Waals surface area contributed by atoms with E-state index in [-0.39, 0.29) is 11.7 Å². The minimum atomic E-state index is -0.329. The van der Waals surface area contributed by atoms with Crippen molar-refractivity contribution in [3.8, 4) is 0 Å². The molecule has 0 radical (unpaired) electrons. The number of carbonyl (C=O) groups is 1. The lowest BCUT2D eigenvalue weighted by molar-refractivity contribution is 0.0942. The highest BCUT2D eigenvalue weighted by atomic mass is 16.2. The van der Waals surface area contributed by atoms with Crippen LogP contribution in [0, 0.1) is 0 Å². The number of benzene rings is 1. The summed E-state index contributed by atoms with van der Waals surface area (Å²) < 4.78 is 2.13. The highest BCUT2D eigenvalue weighted by molar-refractivity contribution is 5.91. The molecule has 3 heterocycles. The van der Waals surface area contributed by atoms with Crippen molar-refractivity contribution >= 4 is 16.9 Å². The smallest absolute Gasteiger partial charge is 0.291 e. The van der Waals surface area contributed by atoms with E-state index in [4.69, 9.17) is 0 Å². The van der Waals surface area contributed by atoms with Crippen LogP contribution in [0.1, 0.15) is 28.7 Å². The second kappa shape index (κ2) is 5.71. The summed E-state index contributed by atoms with van der Waals surface area (Å²) in [5, 5.41) is 19.0. The van der Waals surface area contributed by atoms with E-state index in [1.165, 1.54) is 0 Å². The van der Waals surface area contributed by atoms with Crippen molar-refractivity contribution in [2.75, 3.05) is 6.54 Å². The summed E-state index contributed by atoms with van der Waals surface area (Å²) in [5.74, 6) is 1.70. The number of aryl methyl sites for hydroxylation is 1. The fraction of sp³-hybridized carbons (Fsp3) is 0.333. The Morgan fingerprint density at radius 1 is 1.13 bits per heavy atom. The molecule has 4 rings (SSSR count). The molecule has 2 aromatic heterocycles. The molecule has 1 amide bonds. The van der Waals surface area contributed by atoms with Gasteiger partial charge in [0, 0.05) is 25.9 Å². The van der Waals surface area contributed by atoms with Crippen LogP contribution in [-0.2, 0) is 19.4 Å². The second-order valence-electron chi connectivity index (χ2n) is 5.42. The van der Waals surface area contributed by atoms with Crippen molar-refractivity contribution in [3.63, 3.8) is 0 Å². The van der Waals surface area contributed by atoms with E-state index in [9.17, 15) is 4.79 Å². The van der Waals surface area contributed by atoms with Gasteiger partial charge in [-0.2, -0.15) is 0 Å². The monoisotopic (exact) mass is 309 g/mol. The zero-order valence-electron chi connectivity index (χ0n) is 12.4. The average Bonchev–Trinajstić information content (AvgIpc) is 3.19. The van der Waals surface area contributed by atoms with Crippen LogP contribution in [0.5, 0.6) is 0 Å². The molecule has 116 valence electrons. The molecule has 1 N–H and O–H groups in total. The minimum absolute atomic E-state index is 0.0789. The van der Waals surface area contributed by atoms with Gasteiger partial charge in [0.25, 0.3) is 5.91 Å². The van der Waals surface area contributed by atoms with Crippen molar-refractivity contribution in [1.29, 1.82) is 0 Å². The maximum atomic E-state index is 12.1. The van der Waals surface area contributed by atoms with Gasteiger partial charge in [0.15, 0.2) is 0 Å². The van der Waals surface area contributed by atoms with Crippen LogP contribution in [0.3, 0.4) is 0 Å². The molecule has 0 fully saturated rings. The fourth-order valence-electron chi connectivity index (χ4n) is 2.74. The number of rotatable bonds is 4. The van der Waals surface area contributed by atoms with E-state index in [0.29, 0.717) is 24.0 Å². The number of nitrogens with one attached hydrogen (secondary N) is 1. The van der Waals surface area contributed by atoms with Crippen molar-refractivity contribution in [1.82, 2.24) is 35.3 Å². The Morgan fingerprint density at radius 2 is 2.00 bits per heavy atom. The first-order valence-corrected chi connectivity index (χ1v) is 7.60. The van der Waals surface area contributed by atoms with Gasteiger partial charge in [-0.15, -0.1) is 20.4 Å². The van der Waals surface area contributed by atoms with Gasteiger partial charge in [0.2, 0.25) is 5.82 Å². The van der Waals surface area contributed by atoms with Gasteiger partial charge < -0.3 is 9.88 Å². The predicted molar refractivity (Wildman–Crippen MR) is 81.7 cm³/mol. The lowest BCUT2D eigenvalue weighted by Crippen LogP contribution is -2.28. The SMILES string of the molecule is O=C(NCCc1nnc2n1CCC2)c1nnc2ccccc2n1. The zero-order chi connectivity index (χ0) is 15.6. The third kappa shape index (κ3) is 2.63. The Morgan fingerprint density at radius 3 is 2.91 bits per heavy atom. The number of amides is 1. The van der Waals surface area contributed by atoms with Crippen molar-refractivity contribution < 1.29 is 4.79 Å². The highest BCUT2D eigenvalue weighted by Gasteiger charge is 2.17. The van der Waals surface area contributed by atoms with Gasteiger partial charge in [-0.05, 0) is 18.6 Å². The molecule has 1 aliphatic rings. The molecule has 8 nitrogen and oxygen atoms in total. The van der Waals surface area contributed by atoms with Crippen LogP contribution in [0.15, 0.2) is 24.3 Å². The number of fused-ring (bicyclic) bond motifs is 2. The number of carbonyl (C=O) groups excluding carboxylic acids is 1. The van der Waals surface area contributed by atoms with Crippen molar-refractivity contribution in [2.24, 2.45) is 0 Å². The molecule has 8 heteroatoms. The predicted octanol–water partition coefficient (Wildman–Crippen LogP) is 0.535. The first-order chi connectivity index (χ1) is 11.3. The van der Waals surface area contributed by atoms with Crippen LogP contribution in [0.25, 0.3) is 11.0 Å². The third-order valence-electron chi connectivity index (χ3n) is 3.88. The Balaban J connectivity index is 1.41. The molecular formula is C15H15N7O. The van der Waals surface area contributed by atoms with Crippen molar-refractivity contribution in [2.45, 2.75) is 25.8 Å². The second-order valence-corrected chi connectivity index (χ2v) is 5.42. The first-order valence-electron chi connectivity index (χ1n) is 7.60. The van der Waals surface area contributed by atoms with Crippen LogP contribution < -0.4 is 5.32 Å². The van der Waals surface area contributed by atoms with Gasteiger partial charge in [-0.3, -0.25) is 4.79 Å². The Hall–Kier alpha value is -2.90. The van der Waals surface area contributed by atoms with E-state index < -0.39 is 0 Å². The topological polar surface area (TPSA) is 98.5 Å². The summed E-state index contributed by atoms with van der Waals surface area (Å²) in [6.07, 6.45) is 2.73. The normalized spacial score (nSPS) is 13.2. The lowest BCUT2D eigenvalue weighted by atomic mass is 10.3. The molecule has 0 unspecified atom stereocenters. The van der Waals surface area contributed by atoms with Gasteiger partial charge >= 0.3 is 0 Å². The number of para-hydroxylation sites is 1. The molecule has 1 aromatic carbocycles. The van der Waals surface area contributed by atoms with E-state index in [1.54, 1.807) is 6.07 Å². The molecule has 0 saturated heterocycles. The lowest BCUT2D eigenvalue weighted by Gasteiger charge is -2.05. The quantitative estimate of drug-likeness (QED) is 0.755. The molecule has 0 spiro atoms. The highest BCUT2D eigenvalue weighted by Crippen LogP contribution is 2.14. The molecule has 0 atom stereocenters. The Labute approximate surface area is 132 Å². The largest absolute Gasteiger partial charge is 0.349 e. The minimum Gasteiger partial charge on any atom is -0.349 e. The summed E-state index contributed by atoms with van der Waals surface area (Å²) in [6.45, 7) is 1.43. The van der Waals surface area contributed by atoms with Gasteiger partial charge in [-0.25, -0.2) is 4.98 Å². The fourth-order valence-corrected chi connectivity index (χ4v) is 2.74. The van der Waals surface area contributed by atoms with Gasteiger partial charge in [0.1, 0.15) is 17.2 Å². The molecule has 0 bridgehead atoms. The van der Waals surface area contributed by atoms with E-state index in [0.717, 1.165) is 31.0 Å². The Kier molecular flexibility index (Phi) is 3.41. The van der Waals surface area contributed by atoms with Gasteiger partial charge in [-0.1, -0.05) is 12.1 Å². The zero-order valence-corrected chi connectivity index (χ0v) is 12.4. The summed E-state index contributed by atoms with van der Waals surface area (Å²) in [6, 6.07) is 7.32. The molecular weight excluding hydrogens is 294 g/mol. The Bertz CT molecular complexity index is 873. The summed E-state index contributed by atoms with van der Waals surface area (Å²) in [5.41, 5.74) is 1.32. The van der Waals surface area contributed by atoms with E-state index in [1.807, 2.05) is 18.2 Å². The molecule has 23 heavy (non-hydrogen) atoms. The van der Waals surface area contributed by atoms with Crippen LogP contribution in [0.2, 0.25) is 0 Å². The third-order valence-corrected chi connectivity index (χ3v) is 3.88. The molecule has 0 saturated carbocycles. The number of aromatic nitrogens is 6. The molecule has 3 aromatic rings. The maximum Gasteiger partial charge on any atom is 0.291 e. The maximum absolute atomic E-state index is 12.1. The average molecular weight is 309 g/mol. The first kappa shape index (κ1) is 13.7. The number of nitrogens with zero attached hydrogens (tertiary/aromatic N) is 6. The van der Waals surface area contributed by atoms with Crippen LogP contribution in [0.4, 0.5) is 0 Å². The molecule has 0 aliphatic carbocycles. The molecule has 1 aliphatic heterocycles.